The van der Waals surface area contributed by atoms with Gasteiger partial charge in [-0.05, 0) is 29.2 Å². The Kier molecular flexibility index (Phi) is 6.58. The van der Waals surface area contributed by atoms with Crippen molar-refractivity contribution in [1.29, 1.82) is 5.26 Å². The smallest absolute Gasteiger partial charge is 0.226 e. The minimum Gasteiger partial charge on any atom is -0.300 e. The summed E-state index contributed by atoms with van der Waals surface area (Å²) in [5.74, 6) is 0.815. The Balaban J connectivity index is 1.49. The number of rotatable bonds is 7. The minimum absolute atomic E-state index is 0.0638. The molecule has 0 radical (unpaired) electrons. The van der Waals surface area contributed by atoms with E-state index >= 15 is 0 Å². The zero-order chi connectivity index (χ0) is 19.1. The van der Waals surface area contributed by atoms with Crippen LogP contribution in [0.3, 0.4) is 0 Å². The molecule has 0 aliphatic rings. The second-order valence-electron chi connectivity index (χ2n) is 6.03. The molecule has 1 N–H and O–H groups in total. The molecule has 1 amide bonds. The fourth-order valence-corrected chi connectivity index (χ4v) is 4.21. The summed E-state index contributed by atoms with van der Waals surface area (Å²) in [7, 11) is 0. The van der Waals surface area contributed by atoms with Crippen LogP contribution in [0.15, 0.2) is 58.9 Å². The first-order valence-electron chi connectivity index (χ1n) is 8.44. The van der Waals surface area contributed by atoms with Crippen molar-refractivity contribution in [3.05, 3.63) is 71.3 Å². The SMILES string of the molecule is C[C@H](CC(=O)Nc1nnc(SCc2ccc(C#N)cc2)s1)c1ccccc1. The van der Waals surface area contributed by atoms with Crippen molar-refractivity contribution in [1.82, 2.24) is 10.2 Å². The number of nitriles is 1. The van der Waals surface area contributed by atoms with E-state index in [9.17, 15) is 4.79 Å². The van der Waals surface area contributed by atoms with Gasteiger partial charge >= 0.3 is 0 Å². The van der Waals surface area contributed by atoms with Gasteiger partial charge < -0.3 is 5.32 Å². The van der Waals surface area contributed by atoms with Crippen LogP contribution in [-0.4, -0.2) is 16.1 Å². The average molecular weight is 395 g/mol. The lowest BCUT2D eigenvalue weighted by molar-refractivity contribution is -0.116. The summed E-state index contributed by atoms with van der Waals surface area (Å²) in [4.78, 5) is 12.2. The Labute approximate surface area is 166 Å². The molecule has 0 saturated heterocycles. The van der Waals surface area contributed by atoms with Gasteiger partial charge in [0.25, 0.3) is 0 Å². The van der Waals surface area contributed by atoms with Crippen molar-refractivity contribution in [3.8, 4) is 6.07 Å². The molecule has 1 aromatic heterocycles. The van der Waals surface area contributed by atoms with Gasteiger partial charge in [-0.3, -0.25) is 4.79 Å². The third kappa shape index (κ3) is 5.64. The Morgan fingerprint density at radius 2 is 1.93 bits per heavy atom. The Morgan fingerprint density at radius 1 is 1.19 bits per heavy atom. The van der Waals surface area contributed by atoms with Crippen molar-refractivity contribution < 1.29 is 4.79 Å². The lowest BCUT2D eigenvalue weighted by atomic mass is 9.98. The third-order valence-corrected chi connectivity index (χ3v) is 6.00. The summed E-state index contributed by atoms with van der Waals surface area (Å²) >= 11 is 2.92. The van der Waals surface area contributed by atoms with E-state index in [4.69, 9.17) is 5.26 Å². The Bertz CT molecular complexity index is 933. The quantitative estimate of drug-likeness (QED) is 0.458. The van der Waals surface area contributed by atoms with Gasteiger partial charge in [0.05, 0.1) is 11.6 Å². The first kappa shape index (κ1) is 19.1. The molecule has 3 aromatic rings. The van der Waals surface area contributed by atoms with E-state index in [1.165, 1.54) is 11.3 Å². The fraction of sp³-hybridized carbons (Fsp3) is 0.200. The molecule has 5 nitrogen and oxygen atoms in total. The van der Waals surface area contributed by atoms with E-state index in [0.717, 1.165) is 21.2 Å². The number of nitrogens with one attached hydrogen (secondary N) is 1. The molecule has 136 valence electrons. The van der Waals surface area contributed by atoms with Gasteiger partial charge in [0.2, 0.25) is 11.0 Å². The van der Waals surface area contributed by atoms with E-state index in [2.05, 4.69) is 21.6 Å². The highest BCUT2D eigenvalue weighted by molar-refractivity contribution is 8.00. The van der Waals surface area contributed by atoms with Crippen LogP contribution >= 0.6 is 23.1 Å². The largest absolute Gasteiger partial charge is 0.300 e. The average Bonchev–Trinajstić information content (AvgIpc) is 3.14. The van der Waals surface area contributed by atoms with Crippen LogP contribution in [0.4, 0.5) is 5.13 Å². The second kappa shape index (κ2) is 9.31. The van der Waals surface area contributed by atoms with Crippen LogP contribution in [-0.2, 0) is 10.5 Å². The molecule has 0 aliphatic heterocycles. The molecule has 0 saturated carbocycles. The zero-order valence-electron chi connectivity index (χ0n) is 14.8. The lowest BCUT2D eigenvalue weighted by Crippen LogP contribution is -2.14. The number of thioether (sulfide) groups is 1. The maximum Gasteiger partial charge on any atom is 0.226 e. The highest BCUT2D eigenvalue weighted by Gasteiger charge is 2.13. The maximum atomic E-state index is 12.2. The number of aromatic nitrogens is 2. The number of amides is 1. The van der Waals surface area contributed by atoms with Gasteiger partial charge in [0.15, 0.2) is 4.34 Å². The first-order chi connectivity index (χ1) is 13.1. The van der Waals surface area contributed by atoms with Crippen molar-refractivity contribution in [2.75, 3.05) is 5.32 Å². The summed E-state index contributed by atoms with van der Waals surface area (Å²) in [6, 6.07) is 19.5. The van der Waals surface area contributed by atoms with Gasteiger partial charge in [-0.15, -0.1) is 10.2 Å². The van der Waals surface area contributed by atoms with Crippen LogP contribution in [0.25, 0.3) is 0 Å². The minimum atomic E-state index is -0.0638. The van der Waals surface area contributed by atoms with E-state index in [-0.39, 0.29) is 11.8 Å². The summed E-state index contributed by atoms with van der Waals surface area (Å²) < 4.78 is 0.797. The fourth-order valence-electron chi connectivity index (χ4n) is 2.49. The molecule has 0 bridgehead atoms. The molecule has 1 heterocycles. The standard InChI is InChI=1S/C20H18N4OS2/c1-14(17-5-3-2-4-6-17)11-18(25)22-19-23-24-20(27-19)26-13-16-9-7-15(12-21)8-10-16/h2-10,14H,11,13H2,1H3,(H,22,23,25)/t14-/m1/s1. The molecule has 0 aliphatic carbocycles. The number of carbonyl (C=O) groups is 1. The van der Waals surface area contributed by atoms with E-state index in [1.807, 2.05) is 49.4 Å². The van der Waals surface area contributed by atoms with Crippen LogP contribution < -0.4 is 5.32 Å². The lowest BCUT2D eigenvalue weighted by Gasteiger charge is -2.10. The van der Waals surface area contributed by atoms with Crippen molar-refractivity contribution in [3.63, 3.8) is 0 Å². The predicted molar refractivity (Wildman–Crippen MR) is 109 cm³/mol. The number of benzene rings is 2. The van der Waals surface area contributed by atoms with Gasteiger partial charge in [-0.1, -0.05) is 72.5 Å². The first-order valence-corrected chi connectivity index (χ1v) is 10.2. The van der Waals surface area contributed by atoms with Gasteiger partial charge in [0.1, 0.15) is 0 Å². The molecule has 0 fully saturated rings. The van der Waals surface area contributed by atoms with Gasteiger partial charge in [-0.25, -0.2) is 0 Å². The molecule has 3 rings (SSSR count). The molecular formula is C20H18N4OS2. The normalized spacial score (nSPS) is 11.6. The summed E-state index contributed by atoms with van der Waals surface area (Å²) in [5, 5.41) is 20.3. The zero-order valence-corrected chi connectivity index (χ0v) is 16.4. The topological polar surface area (TPSA) is 78.7 Å². The third-order valence-electron chi connectivity index (χ3n) is 3.96. The number of nitrogens with zero attached hydrogens (tertiary/aromatic N) is 3. The number of carbonyl (C=O) groups excluding carboxylic acids is 1. The number of hydrogen-bond acceptors (Lipinski definition) is 6. The monoisotopic (exact) mass is 394 g/mol. The molecule has 0 unspecified atom stereocenters. The second-order valence-corrected chi connectivity index (χ2v) is 8.23. The summed E-state index contributed by atoms with van der Waals surface area (Å²) in [6.07, 6.45) is 0.400. The van der Waals surface area contributed by atoms with Crippen molar-refractivity contribution in [2.45, 2.75) is 29.4 Å². The van der Waals surface area contributed by atoms with Gasteiger partial charge in [0, 0.05) is 12.2 Å². The van der Waals surface area contributed by atoms with Crippen LogP contribution in [0.5, 0.6) is 0 Å². The van der Waals surface area contributed by atoms with E-state index in [0.29, 0.717) is 17.1 Å². The molecule has 27 heavy (non-hydrogen) atoms. The number of hydrogen-bond donors (Lipinski definition) is 1. The number of anilines is 1. The van der Waals surface area contributed by atoms with Crippen LogP contribution in [0, 0.1) is 11.3 Å². The maximum absolute atomic E-state index is 12.2. The summed E-state index contributed by atoms with van der Waals surface area (Å²) in [5.41, 5.74) is 2.90. The van der Waals surface area contributed by atoms with Crippen LogP contribution in [0.2, 0.25) is 0 Å². The highest BCUT2D eigenvalue weighted by atomic mass is 32.2. The molecular weight excluding hydrogens is 376 g/mol. The van der Waals surface area contributed by atoms with Crippen molar-refractivity contribution in [2.24, 2.45) is 0 Å². The highest BCUT2D eigenvalue weighted by Crippen LogP contribution is 2.29. The van der Waals surface area contributed by atoms with Crippen molar-refractivity contribution >= 4 is 34.1 Å². The van der Waals surface area contributed by atoms with E-state index in [1.54, 1.807) is 23.9 Å². The summed E-state index contributed by atoms with van der Waals surface area (Å²) in [6.45, 7) is 2.04. The molecule has 0 spiro atoms. The molecule has 2 aromatic carbocycles. The molecule has 1 atom stereocenters. The Hall–Kier alpha value is -2.69. The van der Waals surface area contributed by atoms with E-state index < -0.39 is 0 Å². The van der Waals surface area contributed by atoms with Gasteiger partial charge in [-0.2, -0.15) is 5.26 Å². The Morgan fingerprint density at radius 3 is 2.63 bits per heavy atom. The molecule has 7 heteroatoms. The van der Waals surface area contributed by atoms with Crippen LogP contribution in [0.1, 0.15) is 36.0 Å². The predicted octanol–water partition coefficient (Wildman–Crippen LogP) is 4.83.